The molecule has 1 aromatic carbocycles. The Balaban J connectivity index is 1.87. The van der Waals surface area contributed by atoms with E-state index in [0.29, 0.717) is 0 Å². The second-order valence-electron chi connectivity index (χ2n) is 4.09. The summed E-state index contributed by atoms with van der Waals surface area (Å²) in [6.45, 7) is 3.01. The fourth-order valence-electron chi connectivity index (χ4n) is 2.05. The Morgan fingerprint density at radius 3 is 2.43 bits per heavy atom. The largest absolute Gasteiger partial charge is 0.331 e. The van der Waals surface area contributed by atoms with Gasteiger partial charge in [0.25, 0.3) is 0 Å². The van der Waals surface area contributed by atoms with Gasteiger partial charge >= 0.3 is 0 Å². The number of nitrogens with one attached hydrogen (secondary N) is 1. The summed E-state index contributed by atoms with van der Waals surface area (Å²) in [6.07, 6.45) is 0.930. The highest BCUT2D eigenvalue weighted by Crippen LogP contribution is 2.04. The normalized spacial score (nSPS) is 27.5. The van der Waals surface area contributed by atoms with Gasteiger partial charge in [-0.1, -0.05) is 30.3 Å². The molecule has 14 heavy (non-hydrogen) atoms. The molecule has 1 saturated heterocycles. The Kier molecular flexibility index (Phi) is 3.14. The van der Waals surface area contributed by atoms with E-state index in [-0.39, 0.29) is 0 Å². The second kappa shape index (κ2) is 4.56. The van der Waals surface area contributed by atoms with Gasteiger partial charge in [-0.05, 0) is 0 Å². The highest BCUT2D eigenvalue weighted by atomic mass is 19.1. The Bertz CT molecular complexity index is 265. The first kappa shape index (κ1) is 9.66. The number of rotatable bonds is 2. The van der Waals surface area contributed by atoms with Crippen LogP contribution < -0.4 is 4.90 Å². The second-order valence-corrected chi connectivity index (χ2v) is 4.09. The summed E-state index contributed by atoms with van der Waals surface area (Å²) in [5.41, 5.74) is 1.36. The minimum atomic E-state index is -0.547. The molecule has 2 heteroatoms. The number of hydrogen-bond donors (Lipinski definition) is 1. The van der Waals surface area contributed by atoms with Gasteiger partial charge in [-0.25, -0.2) is 4.39 Å². The number of piperidine rings is 1. The van der Waals surface area contributed by atoms with Crippen LogP contribution in [0.3, 0.4) is 0 Å². The van der Waals surface area contributed by atoms with Gasteiger partial charge in [-0.2, -0.15) is 0 Å². The molecule has 1 fully saturated rings. The molecule has 0 bridgehead atoms. The Hall–Kier alpha value is -0.890. The van der Waals surface area contributed by atoms with Crippen LogP contribution in [0.4, 0.5) is 4.39 Å². The Morgan fingerprint density at radius 2 is 1.79 bits per heavy atom. The van der Waals surface area contributed by atoms with Crippen LogP contribution in [0, 0.1) is 0 Å². The lowest BCUT2D eigenvalue weighted by molar-refractivity contribution is -0.919. The quantitative estimate of drug-likeness (QED) is 0.721. The van der Waals surface area contributed by atoms with E-state index in [1.807, 2.05) is 6.07 Å². The highest BCUT2D eigenvalue weighted by Gasteiger charge is 2.21. The van der Waals surface area contributed by atoms with Gasteiger partial charge in [0.15, 0.2) is 0 Å². The maximum atomic E-state index is 12.9. The molecule has 1 nitrogen and oxygen atoms in total. The molecule has 76 valence electrons. The van der Waals surface area contributed by atoms with Crippen LogP contribution in [-0.4, -0.2) is 19.3 Å². The molecule has 1 N–H and O–H groups in total. The standard InChI is InChI=1S/C12H16FN/c13-12-6-8-14(9-7-12)10-11-4-2-1-3-5-11/h1-5,12H,6-10H2/p+1. The molecule has 0 radical (unpaired) electrons. The van der Waals surface area contributed by atoms with Crippen LogP contribution in [0.5, 0.6) is 0 Å². The fraction of sp³-hybridized carbons (Fsp3) is 0.500. The molecule has 0 amide bonds. The number of halogens is 1. The van der Waals surface area contributed by atoms with Crippen LogP contribution in [-0.2, 0) is 6.54 Å². The topological polar surface area (TPSA) is 4.44 Å². The first-order valence-corrected chi connectivity index (χ1v) is 5.36. The van der Waals surface area contributed by atoms with Crippen molar-refractivity contribution in [2.45, 2.75) is 25.6 Å². The van der Waals surface area contributed by atoms with Crippen molar-refractivity contribution in [2.24, 2.45) is 0 Å². The van der Waals surface area contributed by atoms with Crippen molar-refractivity contribution in [3.63, 3.8) is 0 Å². The summed E-state index contributed by atoms with van der Waals surface area (Å²) in [4.78, 5) is 1.52. The maximum Gasteiger partial charge on any atom is 0.111 e. The third kappa shape index (κ3) is 2.55. The van der Waals surface area contributed by atoms with E-state index in [4.69, 9.17) is 0 Å². The van der Waals surface area contributed by atoms with Crippen molar-refractivity contribution < 1.29 is 9.29 Å². The average Bonchev–Trinajstić information content (AvgIpc) is 2.23. The minimum absolute atomic E-state index is 0.547. The summed E-state index contributed by atoms with van der Waals surface area (Å²) in [7, 11) is 0. The van der Waals surface area contributed by atoms with Gasteiger partial charge in [-0.15, -0.1) is 0 Å². The van der Waals surface area contributed by atoms with Crippen molar-refractivity contribution in [3.05, 3.63) is 35.9 Å². The van der Waals surface area contributed by atoms with Gasteiger partial charge in [0.05, 0.1) is 13.1 Å². The zero-order chi connectivity index (χ0) is 9.80. The predicted octanol–water partition coefficient (Wildman–Crippen LogP) is 1.20. The summed E-state index contributed by atoms with van der Waals surface area (Å²) in [5.74, 6) is 0. The molecule has 0 spiro atoms. The first-order chi connectivity index (χ1) is 6.84. The van der Waals surface area contributed by atoms with E-state index in [0.717, 1.165) is 32.5 Å². The van der Waals surface area contributed by atoms with Crippen LogP contribution in [0.2, 0.25) is 0 Å². The Morgan fingerprint density at radius 1 is 1.14 bits per heavy atom. The van der Waals surface area contributed by atoms with E-state index < -0.39 is 6.17 Å². The number of benzene rings is 1. The number of likely N-dealkylation sites (tertiary alicyclic amines) is 1. The third-order valence-corrected chi connectivity index (χ3v) is 2.92. The third-order valence-electron chi connectivity index (χ3n) is 2.92. The van der Waals surface area contributed by atoms with Crippen molar-refractivity contribution in [1.29, 1.82) is 0 Å². The lowest BCUT2D eigenvalue weighted by Crippen LogP contribution is -3.11. The van der Waals surface area contributed by atoms with Gasteiger partial charge in [0, 0.05) is 18.4 Å². The molecule has 0 unspecified atom stereocenters. The summed E-state index contributed by atoms with van der Waals surface area (Å²) in [5, 5.41) is 0. The fourth-order valence-corrected chi connectivity index (χ4v) is 2.05. The lowest BCUT2D eigenvalue weighted by atomic mass is 10.1. The zero-order valence-corrected chi connectivity index (χ0v) is 8.38. The summed E-state index contributed by atoms with van der Waals surface area (Å²) >= 11 is 0. The van der Waals surface area contributed by atoms with Gasteiger partial charge in [0.1, 0.15) is 12.7 Å². The van der Waals surface area contributed by atoms with Crippen molar-refractivity contribution in [3.8, 4) is 0 Å². The highest BCUT2D eigenvalue weighted by molar-refractivity contribution is 5.13. The van der Waals surface area contributed by atoms with E-state index in [1.54, 1.807) is 0 Å². The Labute approximate surface area is 84.5 Å². The first-order valence-electron chi connectivity index (χ1n) is 5.36. The van der Waals surface area contributed by atoms with E-state index in [9.17, 15) is 4.39 Å². The van der Waals surface area contributed by atoms with E-state index in [2.05, 4.69) is 24.3 Å². The predicted molar refractivity (Wildman–Crippen MR) is 55.0 cm³/mol. The molecule has 2 rings (SSSR count). The SMILES string of the molecule is FC1CC[NH+](Cc2ccccc2)CC1. The molecular weight excluding hydrogens is 177 g/mol. The molecule has 0 aromatic heterocycles. The van der Waals surface area contributed by atoms with Gasteiger partial charge < -0.3 is 4.90 Å². The minimum Gasteiger partial charge on any atom is -0.331 e. The average molecular weight is 194 g/mol. The van der Waals surface area contributed by atoms with Crippen LogP contribution in [0.1, 0.15) is 18.4 Å². The molecule has 0 atom stereocenters. The summed E-state index contributed by atoms with van der Waals surface area (Å²) < 4.78 is 12.9. The molecule has 1 heterocycles. The van der Waals surface area contributed by atoms with Gasteiger partial charge in [-0.3, -0.25) is 0 Å². The lowest BCUT2D eigenvalue weighted by Gasteiger charge is -2.25. The number of quaternary nitrogens is 1. The monoisotopic (exact) mass is 194 g/mol. The van der Waals surface area contributed by atoms with Crippen molar-refractivity contribution in [2.75, 3.05) is 13.1 Å². The smallest absolute Gasteiger partial charge is 0.111 e. The number of hydrogen-bond acceptors (Lipinski definition) is 0. The van der Waals surface area contributed by atoms with E-state index >= 15 is 0 Å². The molecule has 1 aromatic rings. The molecular formula is C12H17FN+. The van der Waals surface area contributed by atoms with Gasteiger partial charge in [0.2, 0.25) is 0 Å². The summed E-state index contributed by atoms with van der Waals surface area (Å²) in [6, 6.07) is 10.5. The van der Waals surface area contributed by atoms with Crippen LogP contribution >= 0.6 is 0 Å². The van der Waals surface area contributed by atoms with Crippen LogP contribution in [0.25, 0.3) is 0 Å². The van der Waals surface area contributed by atoms with E-state index in [1.165, 1.54) is 10.5 Å². The molecule has 0 saturated carbocycles. The zero-order valence-electron chi connectivity index (χ0n) is 8.38. The van der Waals surface area contributed by atoms with Crippen molar-refractivity contribution >= 4 is 0 Å². The molecule has 1 aliphatic heterocycles. The number of alkyl halides is 1. The maximum absolute atomic E-state index is 12.9. The van der Waals surface area contributed by atoms with Crippen molar-refractivity contribution in [1.82, 2.24) is 0 Å². The molecule has 0 aliphatic carbocycles. The van der Waals surface area contributed by atoms with Crippen LogP contribution in [0.15, 0.2) is 30.3 Å². The molecule has 1 aliphatic rings.